The molecule has 0 atom stereocenters. The number of hydrogen-bond acceptors (Lipinski definition) is 6. The third-order valence-corrected chi connectivity index (χ3v) is 5.14. The zero-order valence-electron chi connectivity index (χ0n) is 13.3. The van der Waals surface area contributed by atoms with Gasteiger partial charge in [-0.2, -0.15) is 0 Å². The Kier molecular flexibility index (Phi) is 4.23. The molecular weight excluding hydrogens is 338 g/mol. The van der Waals surface area contributed by atoms with E-state index in [0.717, 1.165) is 28.9 Å². The number of nitro groups is 1. The molecule has 1 saturated carbocycles. The molecule has 0 saturated heterocycles. The molecule has 1 fully saturated rings. The van der Waals surface area contributed by atoms with E-state index in [1.807, 2.05) is 30.3 Å². The van der Waals surface area contributed by atoms with Crippen molar-refractivity contribution < 1.29 is 9.34 Å². The Bertz CT molecular complexity index is 907. The van der Waals surface area contributed by atoms with Crippen molar-refractivity contribution in [3.63, 3.8) is 0 Å². The normalized spacial score (nSPS) is 13.8. The molecule has 7 heteroatoms. The number of aromatic nitrogens is 2. The fraction of sp³-hybridized carbons (Fsp3) is 0.222. The molecule has 1 aliphatic carbocycles. The number of nitro benzene ring substituents is 1. The van der Waals surface area contributed by atoms with Crippen LogP contribution in [0.3, 0.4) is 0 Å². The summed E-state index contributed by atoms with van der Waals surface area (Å²) < 4.78 is 5.78. The highest BCUT2D eigenvalue weighted by atomic mass is 32.2. The first kappa shape index (κ1) is 15.8. The van der Waals surface area contributed by atoms with Crippen LogP contribution in [0.25, 0.3) is 11.5 Å². The molecule has 0 radical (unpaired) electrons. The van der Waals surface area contributed by atoms with Crippen LogP contribution >= 0.6 is 11.8 Å². The second-order valence-corrected chi connectivity index (χ2v) is 6.95. The lowest BCUT2D eigenvalue weighted by molar-refractivity contribution is -0.385. The van der Waals surface area contributed by atoms with Crippen molar-refractivity contribution >= 4 is 17.4 Å². The highest BCUT2D eigenvalue weighted by Crippen LogP contribution is 2.41. The predicted molar refractivity (Wildman–Crippen MR) is 94.4 cm³/mol. The van der Waals surface area contributed by atoms with Crippen molar-refractivity contribution in [1.29, 1.82) is 0 Å². The predicted octanol–water partition coefficient (Wildman–Crippen LogP) is 4.81. The van der Waals surface area contributed by atoms with Gasteiger partial charge in [-0.1, -0.05) is 30.3 Å². The summed E-state index contributed by atoms with van der Waals surface area (Å²) in [5, 5.41) is 19.4. The summed E-state index contributed by atoms with van der Waals surface area (Å²) in [5.74, 6) is 2.16. The second kappa shape index (κ2) is 6.68. The van der Waals surface area contributed by atoms with Crippen molar-refractivity contribution in [3.8, 4) is 11.5 Å². The van der Waals surface area contributed by atoms with Gasteiger partial charge in [-0.25, -0.2) is 0 Å². The molecule has 1 heterocycles. The Balaban J connectivity index is 1.65. The van der Waals surface area contributed by atoms with Crippen molar-refractivity contribution in [1.82, 2.24) is 10.2 Å². The van der Waals surface area contributed by atoms with Crippen LogP contribution in [0.15, 0.2) is 57.8 Å². The van der Waals surface area contributed by atoms with Gasteiger partial charge in [0, 0.05) is 28.7 Å². The molecule has 126 valence electrons. The highest BCUT2D eigenvalue weighted by Gasteiger charge is 2.30. The van der Waals surface area contributed by atoms with Gasteiger partial charge >= 0.3 is 0 Å². The molecule has 0 amide bonds. The summed E-state index contributed by atoms with van der Waals surface area (Å²) in [7, 11) is 0. The molecular formula is C18H15N3O3S. The SMILES string of the molecule is O=[N+]([O-])c1ccc(-c2nnc(C3CC3)o2)c(SCc2ccccc2)c1. The Labute approximate surface area is 148 Å². The summed E-state index contributed by atoms with van der Waals surface area (Å²) in [4.78, 5) is 11.5. The molecule has 1 aliphatic rings. The minimum absolute atomic E-state index is 0.0567. The van der Waals surface area contributed by atoms with Gasteiger partial charge in [0.25, 0.3) is 5.69 Å². The summed E-state index contributed by atoms with van der Waals surface area (Å²) in [6, 6.07) is 14.7. The monoisotopic (exact) mass is 353 g/mol. The molecule has 6 nitrogen and oxygen atoms in total. The third kappa shape index (κ3) is 3.56. The van der Waals surface area contributed by atoms with E-state index in [9.17, 15) is 10.1 Å². The van der Waals surface area contributed by atoms with Crippen LogP contribution < -0.4 is 0 Å². The topological polar surface area (TPSA) is 82.1 Å². The molecule has 3 aromatic rings. The van der Waals surface area contributed by atoms with Gasteiger partial charge in [0.05, 0.1) is 10.5 Å². The minimum Gasteiger partial charge on any atom is -0.420 e. The molecule has 0 bridgehead atoms. The highest BCUT2D eigenvalue weighted by molar-refractivity contribution is 7.98. The molecule has 0 aliphatic heterocycles. The quantitative estimate of drug-likeness (QED) is 0.359. The first-order valence-electron chi connectivity index (χ1n) is 7.99. The number of thioether (sulfide) groups is 1. The fourth-order valence-electron chi connectivity index (χ4n) is 2.49. The number of non-ortho nitro benzene ring substituents is 1. The first-order chi connectivity index (χ1) is 12.2. The van der Waals surface area contributed by atoms with Gasteiger partial charge in [0.15, 0.2) is 0 Å². The van der Waals surface area contributed by atoms with E-state index in [1.54, 1.807) is 12.1 Å². The zero-order valence-corrected chi connectivity index (χ0v) is 14.1. The van der Waals surface area contributed by atoms with Crippen molar-refractivity contribution in [2.45, 2.75) is 29.4 Å². The van der Waals surface area contributed by atoms with Gasteiger partial charge in [-0.05, 0) is 24.5 Å². The maximum atomic E-state index is 11.1. The summed E-state index contributed by atoms with van der Waals surface area (Å²) >= 11 is 1.53. The average Bonchev–Trinajstić information content (AvgIpc) is 3.38. The van der Waals surface area contributed by atoms with Crippen LogP contribution in [-0.2, 0) is 5.75 Å². The Morgan fingerprint density at radius 3 is 2.68 bits per heavy atom. The van der Waals surface area contributed by atoms with E-state index < -0.39 is 0 Å². The lowest BCUT2D eigenvalue weighted by atomic mass is 10.2. The largest absolute Gasteiger partial charge is 0.420 e. The number of hydrogen-bond donors (Lipinski definition) is 0. The molecule has 1 aromatic heterocycles. The van der Waals surface area contributed by atoms with Gasteiger partial charge in [0.2, 0.25) is 11.8 Å². The first-order valence-corrected chi connectivity index (χ1v) is 8.98. The molecule has 0 unspecified atom stereocenters. The molecule has 2 aromatic carbocycles. The lowest BCUT2D eigenvalue weighted by Gasteiger charge is -2.06. The standard InChI is InChI=1S/C18H15N3O3S/c22-21(23)14-8-9-15(18-20-19-17(24-18)13-6-7-13)16(10-14)25-11-12-4-2-1-3-5-12/h1-5,8-10,13H,6-7,11H2. The fourth-order valence-corrected chi connectivity index (χ4v) is 3.52. The average molecular weight is 353 g/mol. The molecule has 25 heavy (non-hydrogen) atoms. The molecule has 0 spiro atoms. The van der Waals surface area contributed by atoms with Crippen LogP contribution in [0.5, 0.6) is 0 Å². The summed E-state index contributed by atoms with van der Waals surface area (Å²) in [6.07, 6.45) is 2.16. The van der Waals surface area contributed by atoms with Gasteiger partial charge in [-0.3, -0.25) is 10.1 Å². The van der Waals surface area contributed by atoms with Crippen molar-refractivity contribution in [2.75, 3.05) is 0 Å². The summed E-state index contributed by atoms with van der Waals surface area (Å²) in [5.41, 5.74) is 1.95. The minimum atomic E-state index is -0.389. The molecule has 0 N–H and O–H groups in total. The number of rotatable bonds is 6. The van der Waals surface area contributed by atoms with E-state index >= 15 is 0 Å². The van der Waals surface area contributed by atoms with E-state index in [1.165, 1.54) is 17.8 Å². The van der Waals surface area contributed by atoms with Crippen LogP contribution in [0.2, 0.25) is 0 Å². The second-order valence-electron chi connectivity index (χ2n) is 5.93. The van der Waals surface area contributed by atoms with Crippen molar-refractivity contribution in [2.24, 2.45) is 0 Å². The maximum Gasteiger partial charge on any atom is 0.270 e. The van der Waals surface area contributed by atoms with E-state index in [4.69, 9.17) is 4.42 Å². The van der Waals surface area contributed by atoms with E-state index in [-0.39, 0.29) is 10.6 Å². The summed E-state index contributed by atoms with van der Waals surface area (Å²) in [6.45, 7) is 0. The maximum absolute atomic E-state index is 11.1. The van der Waals surface area contributed by atoms with E-state index in [0.29, 0.717) is 23.5 Å². The van der Waals surface area contributed by atoms with E-state index in [2.05, 4.69) is 10.2 Å². The third-order valence-electron chi connectivity index (χ3n) is 4.01. The van der Waals surface area contributed by atoms with Gasteiger partial charge in [-0.15, -0.1) is 22.0 Å². The Hall–Kier alpha value is -2.67. The Morgan fingerprint density at radius 2 is 1.96 bits per heavy atom. The van der Waals surface area contributed by atoms with Gasteiger partial charge < -0.3 is 4.42 Å². The van der Waals surface area contributed by atoms with Crippen LogP contribution in [0, 0.1) is 10.1 Å². The molecule has 4 rings (SSSR count). The van der Waals surface area contributed by atoms with Crippen LogP contribution in [0.4, 0.5) is 5.69 Å². The van der Waals surface area contributed by atoms with Crippen LogP contribution in [0.1, 0.15) is 30.2 Å². The van der Waals surface area contributed by atoms with Gasteiger partial charge in [0.1, 0.15) is 0 Å². The lowest BCUT2D eigenvalue weighted by Crippen LogP contribution is -1.91. The van der Waals surface area contributed by atoms with Crippen molar-refractivity contribution in [3.05, 3.63) is 70.1 Å². The smallest absolute Gasteiger partial charge is 0.270 e. The van der Waals surface area contributed by atoms with Crippen LogP contribution in [-0.4, -0.2) is 15.1 Å². The number of nitrogens with zero attached hydrogens (tertiary/aromatic N) is 3. The Morgan fingerprint density at radius 1 is 1.16 bits per heavy atom. The zero-order chi connectivity index (χ0) is 17.2. The number of benzene rings is 2.